The second kappa shape index (κ2) is 5.04. The number of hydrogen-bond acceptors (Lipinski definition) is 3. The first-order valence-corrected chi connectivity index (χ1v) is 10.8. The van der Waals surface area contributed by atoms with Crippen LogP contribution in [-0.4, -0.2) is 14.4 Å². The third-order valence-electron chi connectivity index (χ3n) is 6.31. The summed E-state index contributed by atoms with van der Waals surface area (Å²) in [5.41, 5.74) is 6.27. The van der Waals surface area contributed by atoms with Gasteiger partial charge in [-0.15, -0.1) is 11.3 Å². The maximum absolute atomic E-state index is 5.08. The molecule has 0 amide bonds. The van der Waals surface area contributed by atoms with Gasteiger partial charge in [0.1, 0.15) is 5.52 Å². The molecule has 4 aromatic heterocycles. The zero-order chi connectivity index (χ0) is 19.4. The summed E-state index contributed by atoms with van der Waals surface area (Å²) in [5.74, 6) is 0. The Balaban J connectivity index is 1.74. The van der Waals surface area contributed by atoms with Gasteiger partial charge in [-0.05, 0) is 18.2 Å². The third kappa shape index (κ3) is 1.64. The van der Waals surface area contributed by atoms with E-state index in [2.05, 4.69) is 59.0 Å². The van der Waals surface area contributed by atoms with Gasteiger partial charge in [-0.25, -0.2) is 9.97 Å². The van der Waals surface area contributed by atoms with E-state index >= 15 is 0 Å². The second-order valence-corrected chi connectivity index (χ2v) is 8.91. The molecular formula is C26H13N3S. The van der Waals surface area contributed by atoms with Crippen LogP contribution in [0.5, 0.6) is 0 Å². The zero-order valence-corrected chi connectivity index (χ0v) is 16.6. The summed E-state index contributed by atoms with van der Waals surface area (Å²) in [6.07, 6.45) is 0. The van der Waals surface area contributed by atoms with Crippen LogP contribution in [0.1, 0.15) is 0 Å². The highest BCUT2D eigenvalue weighted by atomic mass is 32.1. The van der Waals surface area contributed by atoms with Crippen LogP contribution >= 0.6 is 11.3 Å². The van der Waals surface area contributed by atoms with Crippen LogP contribution in [0, 0.1) is 0 Å². The number of rotatable bonds is 0. The molecule has 0 bridgehead atoms. The molecule has 0 N–H and O–H groups in total. The Morgan fingerprint density at radius 2 is 1.27 bits per heavy atom. The average molecular weight is 399 g/mol. The van der Waals surface area contributed by atoms with Crippen molar-refractivity contribution in [2.45, 2.75) is 0 Å². The molecule has 4 aromatic carbocycles. The van der Waals surface area contributed by atoms with Crippen LogP contribution in [0.2, 0.25) is 0 Å². The van der Waals surface area contributed by atoms with Crippen LogP contribution < -0.4 is 0 Å². The highest BCUT2D eigenvalue weighted by Gasteiger charge is 2.22. The number of nitrogens with zero attached hydrogens (tertiary/aromatic N) is 3. The van der Waals surface area contributed by atoms with E-state index in [1.165, 1.54) is 47.4 Å². The smallest absolute Gasteiger partial charge is 0.165 e. The second-order valence-electron chi connectivity index (χ2n) is 7.86. The lowest BCUT2D eigenvalue weighted by molar-refractivity contribution is 1.28. The molecule has 0 unspecified atom stereocenters. The molecule has 4 heteroatoms. The molecule has 0 aliphatic carbocycles. The van der Waals surface area contributed by atoms with E-state index in [-0.39, 0.29) is 0 Å². The predicted molar refractivity (Wildman–Crippen MR) is 127 cm³/mol. The van der Waals surface area contributed by atoms with E-state index in [0.29, 0.717) is 0 Å². The molecule has 8 aromatic rings. The topological polar surface area (TPSA) is 30.2 Å². The molecule has 0 atom stereocenters. The fourth-order valence-electron chi connectivity index (χ4n) is 5.06. The van der Waals surface area contributed by atoms with Gasteiger partial charge in [-0.1, -0.05) is 60.7 Å². The number of aromatic nitrogens is 3. The van der Waals surface area contributed by atoms with Crippen molar-refractivity contribution >= 4 is 80.9 Å². The van der Waals surface area contributed by atoms with Crippen LogP contribution in [0.25, 0.3) is 69.6 Å². The Morgan fingerprint density at radius 1 is 0.567 bits per heavy atom. The highest BCUT2D eigenvalue weighted by molar-refractivity contribution is 7.26. The van der Waals surface area contributed by atoms with Gasteiger partial charge in [0.2, 0.25) is 0 Å². The summed E-state index contributed by atoms with van der Waals surface area (Å²) in [6.45, 7) is 0. The summed E-state index contributed by atoms with van der Waals surface area (Å²) < 4.78 is 4.99. The molecule has 8 rings (SSSR count). The average Bonchev–Trinajstić information content (AvgIpc) is 3.43. The van der Waals surface area contributed by atoms with E-state index in [9.17, 15) is 0 Å². The molecule has 4 heterocycles. The summed E-state index contributed by atoms with van der Waals surface area (Å²) in [7, 11) is 0. The minimum atomic E-state index is 0.933. The van der Waals surface area contributed by atoms with Crippen LogP contribution in [-0.2, 0) is 0 Å². The standard InChI is InChI=1S/C26H13N3S/c1-4-11-21-14(6-1)17-13-12-16-15-7-5-8-18-22-26(28-20-10-3-2-9-19(20)27-22)29(23(15)18)24(16)25(17)30-21/h1-13H. The fourth-order valence-corrected chi connectivity index (χ4v) is 6.30. The molecule has 0 aliphatic heterocycles. The molecule has 0 fully saturated rings. The number of fused-ring (bicyclic) bond motifs is 11. The molecule has 3 nitrogen and oxygen atoms in total. The monoisotopic (exact) mass is 399 g/mol. The Hall–Kier alpha value is -3.76. The lowest BCUT2D eigenvalue weighted by Crippen LogP contribution is -1.89. The first-order chi connectivity index (χ1) is 14.9. The summed E-state index contributed by atoms with van der Waals surface area (Å²) >= 11 is 1.87. The molecule has 0 radical (unpaired) electrons. The maximum Gasteiger partial charge on any atom is 0.165 e. The Labute approximate surface area is 174 Å². The lowest BCUT2D eigenvalue weighted by atomic mass is 10.1. The minimum Gasteiger partial charge on any atom is -0.290 e. The molecule has 0 aliphatic rings. The SMILES string of the molecule is c1ccc2nc3c(nc2c1)c1cccc2c4ccc5c6ccccc6sc5c4n3c21. The van der Waals surface area contributed by atoms with Gasteiger partial charge in [-0.2, -0.15) is 0 Å². The zero-order valence-electron chi connectivity index (χ0n) is 15.8. The summed E-state index contributed by atoms with van der Waals surface area (Å²) in [6, 6.07) is 27.9. The normalized spacial score (nSPS) is 12.7. The highest BCUT2D eigenvalue weighted by Crippen LogP contribution is 2.44. The van der Waals surface area contributed by atoms with Gasteiger partial charge >= 0.3 is 0 Å². The van der Waals surface area contributed by atoms with E-state index < -0.39 is 0 Å². The summed E-state index contributed by atoms with van der Waals surface area (Å²) in [4.78, 5) is 10.1. The third-order valence-corrected chi connectivity index (χ3v) is 7.51. The Bertz CT molecular complexity index is 1960. The van der Waals surface area contributed by atoms with Gasteiger partial charge in [0.15, 0.2) is 5.65 Å². The van der Waals surface area contributed by atoms with Crippen molar-refractivity contribution in [1.82, 2.24) is 14.4 Å². The molecule has 138 valence electrons. The van der Waals surface area contributed by atoms with Gasteiger partial charge in [0.05, 0.1) is 26.8 Å². The van der Waals surface area contributed by atoms with E-state index in [4.69, 9.17) is 9.97 Å². The van der Waals surface area contributed by atoms with Gasteiger partial charge in [0, 0.05) is 31.6 Å². The largest absolute Gasteiger partial charge is 0.290 e. The first kappa shape index (κ1) is 15.1. The maximum atomic E-state index is 5.08. The van der Waals surface area contributed by atoms with Gasteiger partial charge in [-0.3, -0.25) is 4.40 Å². The van der Waals surface area contributed by atoms with E-state index in [1.54, 1.807) is 0 Å². The van der Waals surface area contributed by atoms with Crippen molar-refractivity contribution in [3.63, 3.8) is 0 Å². The van der Waals surface area contributed by atoms with Crippen molar-refractivity contribution in [3.8, 4) is 0 Å². The van der Waals surface area contributed by atoms with Crippen LogP contribution in [0.4, 0.5) is 0 Å². The van der Waals surface area contributed by atoms with Gasteiger partial charge in [0.25, 0.3) is 0 Å². The molecular weight excluding hydrogens is 386 g/mol. The van der Waals surface area contributed by atoms with Crippen LogP contribution in [0.15, 0.2) is 78.9 Å². The molecule has 0 spiro atoms. The predicted octanol–water partition coefficient (Wildman–Crippen LogP) is 7.15. The van der Waals surface area contributed by atoms with Crippen LogP contribution in [0.3, 0.4) is 0 Å². The Kier molecular flexibility index (Phi) is 2.54. The lowest BCUT2D eigenvalue weighted by Gasteiger charge is -2.01. The molecule has 0 saturated carbocycles. The minimum absolute atomic E-state index is 0.933. The fraction of sp³-hybridized carbons (Fsp3) is 0. The number of benzene rings is 4. The van der Waals surface area contributed by atoms with Gasteiger partial charge < -0.3 is 0 Å². The number of thiophene rings is 1. The van der Waals surface area contributed by atoms with Crippen molar-refractivity contribution in [2.24, 2.45) is 0 Å². The molecule has 0 saturated heterocycles. The molecule has 30 heavy (non-hydrogen) atoms. The number of para-hydroxylation sites is 3. The Morgan fingerprint density at radius 3 is 2.20 bits per heavy atom. The van der Waals surface area contributed by atoms with Crippen molar-refractivity contribution in [1.29, 1.82) is 0 Å². The van der Waals surface area contributed by atoms with Crippen molar-refractivity contribution in [2.75, 3.05) is 0 Å². The first-order valence-electron chi connectivity index (χ1n) is 10.0. The van der Waals surface area contributed by atoms with Crippen molar-refractivity contribution in [3.05, 3.63) is 78.9 Å². The van der Waals surface area contributed by atoms with E-state index in [0.717, 1.165) is 22.2 Å². The van der Waals surface area contributed by atoms with E-state index in [1.807, 2.05) is 35.6 Å². The van der Waals surface area contributed by atoms with Crippen molar-refractivity contribution < 1.29 is 0 Å². The quantitative estimate of drug-likeness (QED) is 0.271. The summed E-state index contributed by atoms with van der Waals surface area (Å²) in [5, 5.41) is 6.36. The number of hydrogen-bond donors (Lipinski definition) is 0.